The van der Waals surface area contributed by atoms with Gasteiger partial charge in [0.05, 0.1) is 31.9 Å². The van der Waals surface area contributed by atoms with Gasteiger partial charge in [0.25, 0.3) is 0 Å². The summed E-state index contributed by atoms with van der Waals surface area (Å²) in [5.74, 6) is 0.739. The Kier molecular flexibility index (Phi) is 11.1. The summed E-state index contributed by atoms with van der Waals surface area (Å²) in [6, 6.07) is 7.34. The smallest absolute Gasteiger partial charge is 0.410 e. The van der Waals surface area contributed by atoms with Gasteiger partial charge in [-0.25, -0.2) is 9.59 Å². The van der Waals surface area contributed by atoms with Crippen LogP contribution in [-0.4, -0.2) is 74.6 Å². The van der Waals surface area contributed by atoms with Crippen molar-refractivity contribution in [1.29, 1.82) is 0 Å². The summed E-state index contributed by atoms with van der Waals surface area (Å²) in [6.07, 6.45) is 2.57. The predicted octanol–water partition coefficient (Wildman–Crippen LogP) is 4.78. The summed E-state index contributed by atoms with van der Waals surface area (Å²) in [5.41, 5.74) is 0.436. The van der Waals surface area contributed by atoms with Gasteiger partial charge in [-0.1, -0.05) is 0 Å². The van der Waals surface area contributed by atoms with Crippen LogP contribution in [0.1, 0.15) is 52.9 Å². The number of halogens is 1. The first-order valence-electron chi connectivity index (χ1n) is 12.0. The fraction of sp³-hybridized carbons (Fsp3) is 0.538. The van der Waals surface area contributed by atoms with E-state index in [2.05, 4.69) is 25.9 Å². The zero-order valence-corrected chi connectivity index (χ0v) is 23.9. The molecule has 37 heavy (non-hydrogen) atoms. The van der Waals surface area contributed by atoms with E-state index in [9.17, 15) is 9.59 Å². The van der Waals surface area contributed by atoms with Gasteiger partial charge < -0.3 is 19.3 Å². The second-order valence-corrected chi connectivity index (χ2v) is 11.1. The molecular weight excluding hydrogens is 544 g/mol. The third-order valence-corrected chi connectivity index (χ3v) is 5.38. The van der Waals surface area contributed by atoms with Gasteiger partial charge in [0.2, 0.25) is 0 Å². The number of carbonyl (C=O) groups excluding carboxylic acids is 2. The number of aliphatic hydroxyl groups excluding tert-OH is 1. The Balaban J connectivity index is 0.000000260. The van der Waals surface area contributed by atoms with Crippen LogP contribution < -0.4 is 4.74 Å². The fourth-order valence-electron chi connectivity index (χ4n) is 3.08. The number of rotatable bonds is 4. The maximum Gasteiger partial charge on any atom is 0.410 e. The molecule has 0 aromatic carbocycles. The van der Waals surface area contributed by atoms with Gasteiger partial charge in [-0.2, -0.15) is 0 Å². The van der Waals surface area contributed by atoms with E-state index in [1.807, 2.05) is 39.0 Å². The standard InChI is InChI=1S/C13H19BrN2O3.C13H18N2O3/c1-13(2,3)19-12(18)16(7-8-17)9-11-10(14)5-4-6-15-11;1-13(2,3)18-12(16)15-7-8-17-11-5-4-6-14-10(11)9-15/h4-6,17H,7-9H2,1-3H3;4-6H,7-9H2,1-3H3. The number of fused-ring (bicyclic) bond motifs is 1. The molecule has 2 amide bonds. The van der Waals surface area contributed by atoms with Gasteiger partial charge in [0, 0.05) is 23.4 Å². The van der Waals surface area contributed by atoms with Crippen molar-refractivity contribution >= 4 is 28.1 Å². The van der Waals surface area contributed by atoms with Crippen LogP contribution in [-0.2, 0) is 22.6 Å². The van der Waals surface area contributed by atoms with Crippen molar-refractivity contribution in [2.24, 2.45) is 0 Å². The summed E-state index contributed by atoms with van der Waals surface area (Å²) in [4.78, 5) is 35.5. The lowest BCUT2D eigenvalue weighted by Crippen LogP contribution is -2.38. The summed E-state index contributed by atoms with van der Waals surface area (Å²) in [6.45, 7) is 12.7. The highest BCUT2D eigenvalue weighted by atomic mass is 79.9. The fourth-order valence-corrected chi connectivity index (χ4v) is 3.46. The Labute approximate surface area is 227 Å². The summed E-state index contributed by atoms with van der Waals surface area (Å²) in [7, 11) is 0. The molecule has 0 saturated carbocycles. The van der Waals surface area contributed by atoms with E-state index >= 15 is 0 Å². The lowest BCUT2D eigenvalue weighted by atomic mass is 10.2. The Morgan fingerprint density at radius 3 is 2.35 bits per heavy atom. The minimum absolute atomic E-state index is 0.121. The van der Waals surface area contributed by atoms with Crippen molar-refractivity contribution in [1.82, 2.24) is 19.8 Å². The van der Waals surface area contributed by atoms with Crippen molar-refractivity contribution in [3.05, 3.63) is 52.5 Å². The third-order valence-electron chi connectivity index (χ3n) is 4.66. The van der Waals surface area contributed by atoms with E-state index in [1.165, 1.54) is 4.90 Å². The minimum atomic E-state index is -0.563. The largest absolute Gasteiger partial charge is 0.490 e. The van der Waals surface area contributed by atoms with E-state index in [1.54, 1.807) is 44.1 Å². The molecule has 3 rings (SSSR count). The zero-order valence-electron chi connectivity index (χ0n) is 22.4. The van der Waals surface area contributed by atoms with E-state index < -0.39 is 17.3 Å². The second kappa shape index (κ2) is 13.6. The average molecular weight is 582 g/mol. The molecule has 1 N–H and O–H groups in total. The molecular formula is C26H37BrN4O6. The summed E-state index contributed by atoms with van der Waals surface area (Å²) >= 11 is 3.38. The number of nitrogens with zero attached hydrogens (tertiary/aromatic N) is 4. The topological polar surface area (TPSA) is 114 Å². The van der Waals surface area contributed by atoms with Crippen molar-refractivity contribution < 1.29 is 28.9 Å². The normalized spacial score (nSPS) is 13.2. The number of aromatic nitrogens is 2. The molecule has 1 aliphatic heterocycles. The van der Waals surface area contributed by atoms with Crippen LogP contribution in [0, 0.1) is 0 Å². The number of carbonyl (C=O) groups is 2. The van der Waals surface area contributed by atoms with Crippen molar-refractivity contribution in [2.45, 2.75) is 65.8 Å². The first-order valence-corrected chi connectivity index (χ1v) is 12.8. The molecule has 0 unspecified atom stereocenters. The molecule has 0 saturated heterocycles. The van der Waals surface area contributed by atoms with Crippen LogP contribution in [0.4, 0.5) is 9.59 Å². The van der Waals surface area contributed by atoms with Crippen LogP contribution in [0.25, 0.3) is 0 Å². The van der Waals surface area contributed by atoms with Crippen LogP contribution >= 0.6 is 15.9 Å². The minimum Gasteiger partial charge on any atom is -0.490 e. The second-order valence-electron chi connectivity index (χ2n) is 10.3. The average Bonchev–Trinajstić information content (AvgIpc) is 3.01. The molecule has 3 heterocycles. The molecule has 0 radical (unpaired) electrons. The van der Waals surface area contributed by atoms with E-state index in [0.29, 0.717) is 19.7 Å². The van der Waals surface area contributed by atoms with Crippen LogP contribution in [0.2, 0.25) is 0 Å². The van der Waals surface area contributed by atoms with Gasteiger partial charge >= 0.3 is 12.2 Å². The van der Waals surface area contributed by atoms with Crippen molar-refractivity contribution in [3.8, 4) is 5.75 Å². The Bertz CT molecular complexity index is 1040. The maximum absolute atomic E-state index is 12.0. The number of amides is 2. The molecule has 1 aliphatic rings. The summed E-state index contributed by atoms with van der Waals surface area (Å²) < 4.78 is 17.0. The summed E-state index contributed by atoms with van der Waals surface area (Å²) in [5, 5.41) is 9.05. The molecule has 0 aliphatic carbocycles. The number of ether oxygens (including phenoxy) is 3. The van der Waals surface area contributed by atoms with Gasteiger partial charge in [-0.15, -0.1) is 0 Å². The predicted molar refractivity (Wildman–Crippen MR) is 142 cm³/mol. The monoisotopic (exact) mass is 580 g/mol. The number of aliphatic hydroxyl groups is 1. The van der Waals surface area contributed by atoms with E-state index in [4.69, 9.17) is 19.3 Å². The zero-order chi connectivity index (χ0) is 27.6. The Morgan fingerprint density at radius 2 is 1.73 bits per heavy atom. The molecule has 0 spiro atoms. The van der Waals surface area contributed by atoms with Crippen LogP contribution in [0.3, 0.4) is 0 Å². The molecule has 10 nitrogen and oxygen atoms in total. The highest BCUT2D eigenvalue weighted by molar-refractivity contribution is 9.10. The molecule has 0 fully saturated rings. The molecule has 0 atom stereocenters. The maximum atomic E-state index is 12.0. The SMILES string of the molecule is CC(C)(C)OC(=O)N(CCO)Cc1ncccc1Br.CC(C)(C)OC(=O)N1CCOc2cccnc2C1. The third kappa shape index (κ3) is 10.9. The lowest BCUT2D eigenvalue weighted by molar-refractivity contribution is 0.0196. The number of hydrogen-bond donors (Lipinski definition) is 1. The van der Waals surface area contributed by atoms with Crippen LogP contribution in [0.5, 0.6) is 5.75 Å². The van der Waals surface area contributed by atoms with Gasteiger partial charge in [0.1, 0.15) is 29.3 Å². The first kappa shape index (κ1) is 30.3. The highest BCUT2D eigenvalue weighted by Crippen LogP contribution is 2.21. The van der Waals surface area contributed by atoms with Gasteiger partial charge in [0.15, 0.2) is 0 Å². The van der Waals surface area contributed by atoms with Crippen molar-refractivity contribution in [3.63, 3.8) is 0 Å². The quantitative estimate of drug-likeness (QED) is 0.549. The van der Waals surface area contributed by atoms with E-state index in [0.717, 1.165) is 21.6 Å². The van der Waals surface area contributed by atoms with Gasteiger partial charge in [-0.3, -0.25) is 19.8 Å². The number of hydrogen-bond acceptors (Lipinski definition) is 8. The molecule has 11 heteroatoms. The lowest BCUT2D eigenvalue weighted by Gasteiger charge is -2.27. The Hall–Kier alpha value is -2.92. The van der Waals surface area contributed by atoms with E-state index in [-0.39, 0.29) is 25.8 Å². The van der Waals surface area contributed by atoms with Gasteiger partial charge in [-0.05, 0) is 81.7 Å². The van der Waals surface area contributed by atoms with Crippen molar-refractivity contribution in [2.75, 3.05) is 26.3 Å². The first-order chi connectivity index (χ1) is 17.3. The number of pyridine rings is 2. The Morgan fingerprint density at radius 1 is 1.08 bits per heavy atom. The molecule has 2 aromatic rings. The van der Waals surface area contributed by atoms with Crippen LogP contribution in [0.15, 0.2) is 41.1 Å². The molecule has 2 aromatic heterocycles. The highest BCUT2D eigenvalue weighted by Gasteiger charge is 2.25. The molecule has 0 bridgehead atoms. The molecule has 204 valence electrons.